The minimum absolute atomic E-state index is 0.00131. The van der Waals surface area contributed by atoms with Crippen LogP contribution >= 0.6 is 11.8 Å². The summed E-state index contributed by atoms with van der Waals surface area (Å²) in [5.41, 5.74) is 2.87. The largest absolute Gasteiger partial charge is 0.348 e. The summed E-state index contributed by atoms with van der Waals surface area (Å²) in [6, 6.07) is 16.0. The Balaban J connectivity index is 1.62. The van der Waals surface area contributed by atoms with Crippen molar-refractivity contribution in [3.63, 3.8) is 0 Å². The fourth-order valence-electron chi connectivity index (χ4n) is 3.66. The predicted molar refractivity (Wildman–Crippen MR) is 118 cm³/mol. The van der Waals surface area contributed by atoms with Crippen molar-refractivity contribution >= 4 is 23.7 Å². The summed E-state index contributed by atoms with van der Waals surface area (Å²) in [4.78, 5) is 27.9. The topological polar surface area (TPSA) is 61.4 Å². The second-order valence-electron chi connectivity index (χ2n) is 7.28. The normalized spacial score (nSPS) is 16.3. The SMILES string of the molecule is CCNC(=O)N1CCCC(c2cccc(C(=O)NCc3ccc(SC)cc3)c2)C1. The van der Waals surface area contributed by atoms with Gasteiger partial charge in [-0.15, -0.1) is 11.8 Å². The van der Waals surface area contributed by atoms with Crippen molar-refractivity contribution in [2.24, 2.45) is 0 Å². The van der Waals surface area contributed by atoms with E-state index in [1.807, 2.05) is 48.4 Å². The summed E-state index contributed by atoms with van der Waals surface area (Å²) >= 11 is 1.70. The first kappa shape index (κ1) is 21.2. The van der Waals surface area contributed by atoms with Crippen LogP contribution in [0.3, 0.4) is 0 Å². The summed E-state index contributed by atoms with van der Waals surface area (Å²) < 4.78 is 0. The summed E-state index contributed by atoms with van der Waals surface area (Å²) in [7, 11) is 0. The number of piperidine rings is 1. The Morgan fingerprint density at radius 2 is 1.93 bits per heavy atom. The van der Waals surface area contributed by atoms with E-state index < -0.39 is 0 Å². The van der Waals surface area contributed by atoms with Crippen LogP contribution in [0.4, 0.5) is 4.79 Å². The number of rotatable bonds is 6. The van der Waals surface area contributed by atoms with E-state index in [2.05, 4.69) is 28.8 Å². The Bertz CT molecular complexity index is 838. The van der Waals surface area contributed by atoms with Gasteiger partial charge in [0.05, 0.1) is 0 Å². The van der Waals surface area contributed by atoms with Crippen LogP contribution in [0.2, 0.25) is 0 Å². The maximum Gasteiger partial charge on any atom is 0.317 e. The third-order valence-electron chi connectivity index (χ3n) is 5.27. The van der Waals surface area contributed by atoms with Gasteiger partial charge in [0.15, 0.2) is 0 Å². The van der Waals surface area contributed by atoms with Gasteiger partial charge in [0, 0.05) is 42.6 Å². The Morgan fingerprint density at radius 3 is 2.66 bits per heavy atom. The quantitative estimate of drug-likeness (QED) is 0.699. The van der Waals surface area contributed by atoms with E-state index >= 15 is 0 Å². The Labute approximate surface area is 177 Å². The van der Waals surface area contributed by atoms with E-state index in [0.717, 1.165) is 30.5 Å². The first-order valence-electron chi connectivity index (χ1n) is 10.1. The first-order chi connectivity index (χ1) is 14.1. The van der Waals surface area contributed by atoms with E-state index in [0.29, 0.717) is 25.2 Å². The number of benzene rings is 2. The van der Waals surface area contributed by atoms with Crippen LogP contribution in [-0.2, 0) is 6.54 Å². The van der Waals surface area contributed by atoms with Gasteiger partial charge in [-0.1, -0.05) is 24.3 Å². The van der Waals surface area contributed by atoms with Crippen LogP contribution in [0, 0.1) is 0 Å². The van der Waals surface area contributed by atoms with E-state index in [1.165, 1.54) is 4.90 Å². The second kappa shape index (κ2) is 10.3. The number of carbonyl (C=O) groups excluding carboxylic acids is 2. The van der Waals surface area contributed by atoms with Gasteiger partial charge in [-0.3, -0.25) is 4.79 Å². The molecular weight excluding hydrogens is 382 g/mol. The smallest absolute Gasteiger partial charge is 0.317 e. The van der Waals surface area contributed by atoms with Crippen molar-refractivity contribution in [2.75, 3.05) is 25.9 Å². The zero-order valence-electron chi connectivity index (χ0n) is 17.1. The van der Waals surface area contributed by atoms with Crippen molar-refractivity contribution < 1.29 is 9.59 Å². The van der Waals surface area contributed by atoms with Gasteiger partial charge < -0.3 is 15.5 Å². The highest BCUT2D eigenvalue weighted by Crippen LogP contribution is 2.27. The van der Waals surface area contributed by atoms with Crippen LogP contribution in [-0.4, -0.2) is 42.7 Å². The molecule has 0 aliphatic carbocycles. The second-order valence-corrected chi connectivity index (χ2v) is 8.16. The molecule has 0 radical (unpaired) electrons. The number of urea groups is 1. The monoisotopic (exact) mass is 411 g/mol. The predicted octanol–water partition coefficient (Wildman–Crippen LogP) is 4.25. The van der Waals surface area contributed by atoms with Crippen molar-refractivity contribution in [1.82, 2.24) is 15.5 Å². The highest BCUT2D eigenvalue weighted by molar-refractivity contribution is 7.98. The third-order valence-corrected chi connectivity index (χ3v) is 6.01. The molecule has 0 saturated carbocycles. The standard InChI is InChI=1S/C23H29N3O2S/c1-3-24-23(28)26-13-5-8-20(16-26)18-6-4-7-19(14-18)22(27)25-15-17-9-11-21(29-2)12-10-17/h4,6-7,9-12,14,20H,3,5,8,13,15-16H2,1-2H3,(H,24,28)(H,25,27). The molecule has 154 valence electrons. The molecule has 5 nitrogen and oxygen atoms in total. The molecule has 1 fully saturated rings. The molecule has 29 heavy (non-hydrogen) atoms. The molecule has 2 aromatic rings. The Kier molecular flexibility index (Phi) is 7.58. The number of nitrogens with zero attached hydrogens (tertiary/aromatic N) is 1. The van der Waals surface area contributed by atoms with Crippen molar-refractivity contribution in [2.45, 2.75) is 37.1 Å². The minimum Gasteiger partial charge on any atom is -0.348 e. The van der Waals surface area contributed by atoms with Gasteiger partial charge in [0.25, 0.3) is 5.91 Å². The summed E-state index contributed by atoms with van der Waals surface area (Å²) in [5.74, 6) is 0.190. The zero-order valence-corrected chi connectivity index (χ0v) is 17.9. The fraction of sp³-hybridized carbons (Fsp3) is 0.391. The van der Waals surface area contributed by atoms with E-state index in [-0.39, 0.29) is 17.9 Å². The van der Waals surface area contributed by atoms with Gasteiger partial charge >= 0.3 is 6.03 Å². The molecule has 2 N–H and O–H groups in total. The first-order valence-corrected chi connectivity index (χ1v) is 11.4. The molecule has 6 heteroatoms. The number of amides is 3. The summed E-state index contributed by atoms with van der Waals surface area (Å²) in [6.07, 6.45) is 4.05. The van der Waals surface area contributed by atoms with Crippen molar-refractivity contribution in [1.29, 1.82) is 0 Å². The molecule has 3 amide bonds. The lowest BCUT2D eigenvalue weighted by Crippen LogP contribution is -2.44. The molecule has 0 spiro atoms. The molecule has 3 rings (SSSR count). The average Bonchev–Trinajstić information content (AvgIpc) is 2.78. The number of nitrogens with one attached hydrogen (secondary N) is 2. The number of likely N-dealkylation sites (tertiary alicyclic amines) is 1. The lowest BCUT2D eigenvalue weighted by atomic mass is 9.89. The molecule has 1 aliphatic heterocycles. The third kappa shape index (κ3) is 5.76. The fourth-order valence-corrected chi connectivity index (χ4v) is 4.07. The van der Waals surface area contributed by atoms with Crippen molar-refractivity contribution in [3.8, 4) is 0 Å². The molecule has 1 unspecified atom stereocenters. The summed E-state index contributed by atoms with van der Waals surface area (Å²) in [6.45, 7) is 4.55. The molecule has 0 aromatic heterocycles. The maximum atomic E-state index is 12.6. The summed E-state index contributed by atoms with van der Waals surface area (Å²) in [5, 5.41) is 5.88. The van der Waals surface area contributed by atoms with Crippen LogP contribution in [0.5, 0.6) is 0 Å². The number of carbonyl (C=O) groups is 2. The van der Waals surface area contributed by atoms with Crippen LogP contribution in [0.1, 0.15) is 47.2 Å². The van der Waals surface area contributed by atoms with Crippen LogP contribution in [0.15, 0.2) is 53.4 Å². The molecular formula is C23H29N3O2S. The van der Waals surface area contributed by atoms with E-state index in [1.54, 1.807) is 11.8 Å². The van der Waals surface area contributed by atoms with E-state index in [4.69, 9.17) is 0 Å². The van der Waals surface area contributed by atoms with E-state index in [9.17, 15) is 9.59 Å². The maximum absolute atomic E-state index is 12.6. The molecule has 0 bridgehead atoms. The minimum atomic E-state index is -0.0721. The molecule has 2 aromatic carbocycles. The lowest BCUT2D eigenvalue weighted by Gasteiger charge is -2.33. The molecule has 1 saturated heterocycles. The number of hydrogen-bond acceptors (Lipinski definition) is 3. The van der Waals surface area contributed by atoms with Gasteiger partial charge in [0.2, 0.25) is 0 Å². The highest BCUT2D eigenvalue weighted by Gasteiger charge is 2.24. The zero-order chi connectivity index (χ0) is 20.6. The van der Waals surface area contributed by atoms with Crippen LogP contribution in [0.25, 0.3) is 0 Å². The van der Waals surface area contributed by atoms with Crippen LogP contribution < -0.4 is 10.6 Å². The Hall–Kier alpha value is -2.47. The van der Waals surface area contributed by atoms with Gasteiger partial charge in [-0.05, 0) is 61.4 Å². The molecule has 1 heterocycles. The van der Waals surface area contributed by atoms with Gasteiger partial charge in [0.1, 0.15) is 0 Å². The number of thioether (sulfide) groups is 1. The number of hydrogen-bond donors (Lipinski definition) is 2. The molecule has 1 aliphatic rings. The van der Waals surface area contributed by atoms with Gasteiger partial charge in [-0.2, -0.15) is 0 Å². The highest BCUT2D eigenvalue weighted by atomic mass is 32.2. The average molecular weight is 412 g/mol. The van der Waals surface area contributed by atoms with Gasteiger partial charge in [-0.25, -0.2) is 4.79 Å². The molecule has 1 atom stereocenters. The Morgan fingerprint density at radius 1 is 1.14 bits per heavy atom. The lowest BCUT2D eigenvalue weighted by molar-refractivity contribution is 0.0950. The van der Waals surface area contributed by atoms with Crippen molar-refractivity contribution in [3.05, 3.63) is 65.2 Å².